The third-order valence-electron chi connectivity index (χ3n) is 2.43. The van der Waals surface area contributed by atoms with Crippen molar-refractivity contribution in [2.45, 2.75) is 37.9 Å². The largest absolute Gasteiger partial charge is 0.228 e. The molecule has 0 aromatic carbocycles. The first-order valence-electron chi connectivity index (χ1n) is 4.02. The first-order chi connectivity index (χ1) is 5.00. The number of nitrogens with two attached hydrogens (primary N) is 1. The molecule has 0 saturated heterocycles. The first-order valence-corrected chi connectivity index (χ1v) is 5.62. The fourth-order valence-corrected chi connectivity index (χ4v) is 2.49. The lowest BCUT2D eigenvalue weighted by Gasteiger charge is -2.23. The van der Waals surface area contributed by atoms with Gasteiger partial charge in [-0.05, 0) is 31.6 Å². The molecule has 66 valence electrons. The molecule has 1 aliphatic carbocycles. The summed E-state index contributed by atoms with van der Waals surface area (Å²) in [4.78, 5) is 0. The molecule has 0 spiro atoms. The highest BCUT2D eigenvalue weighted by Crippen LogP contribution is 2.26. The van der Waals surface area contributed by atoms with Crippen molar-refractivity contribution < 1.29 is 8.42 Å². The van der Waals surface area contributed by atoms with Crippen LogP contribution in [0.5, 0.6) is 0 Å². The summed E-state index contributed by atoms with van der Waals surface area (Å²) in [5, 5.41) is 4.76. The van der Waals surface area contributed by atoms with Crippen molar-refractivity contribution in [3.8, 4) is 0 Å². The zero-order chi connectivity index (χ0) is 8.48. The molecular weight excluding hydrogens is 162 g/mol. The van der Waals surface area contributed by atoms with E-state index in [1.807, 2.05) is 0 Å². The van der Waals surface area contributed by atoms with Crippen LogP contribution in [0.3, 0.4) is 0 Å². The van der Waals surface area contributed by atoms with Gasteiger partial charge in [-0.15, -0.1) is 0 Å². The van der Waals surface area contributed by atoms with E-state index in [0.717, 1.165) is 25.7 Å². The van der Waals surface area contributed by atoms with Crippen LogP contribution in [0.25, 0.3) is 0 Å². The molecule has 0 aliphatic heterocycles. The van der Waals surface area contributed by atoms with Crippen molar-refractivity contribution in [3.05, 3.63) is 0 Å². The average molecular weight is 177 g/mol. The topological polar surface area (TPSA) is 60.2 Å². The highest BCUT2D eigenvalue weighted by molar-refractivity contribution is 7.89. The molecule has 11 heavy (non-hydrogen) atoms. The van der Waals surface area contributed by atoms with Gasteiger partial charge in [0.1, 0.15) is 0 Å². The summed E-state index contributed by atoms with van der Waals surface area (Å²) in [7, 11) is -3.25. The van der Waals surface area contributed by atoms with E-state index < -0.39 is 10.0 Å². The Morgan fingerprint density at radius 3 is 2.00 bits per heavy atom. The summed E-state index contributed by atoms with van der Waals surface area (Å²) in [6, 6.07) is 0. The van der Waals surface area contributed by atoms with E-state index in [0.29, 0.717) is 5.92 Å². The van der Waals surface area contributed by atoms with Gasteiger partial charge in [-0.1, -0.05) is 6.92 Å². The Bertz CT molecular complexity index is 215. The van der Waals surface area contributed by atoms with E-state index in [1.165, 1.54) is 0 Å². The molecule has 4 heteroatoms. The van der Waals surface area contributed by atoms with Gasteiger partial charge in [0.25, 0.3) is 0 Å². The van der Waals surface area contributed by atoms with Crippen LogP contribution in [0, 0.1) is 5.92 Å². The third-order valence-corrected chi connectivity index (χ3v) is 3.83. The molecule has 1 aliphatic rings. The molecule has 3 nitrogen and oxygen atoms in total. The van der Waals surface area contributed by atoms with Crippen molar-refractivity contribution in [3.63, 3.8) is 0 Å². The number of sulfonamides is 1. The lowest BCUT2D eigenvalue weighted by atomic mass is 9.91. The minimum absolute atomic E-state index is 0.265. The third kappa shape index (κ3) is 2.45. The van der Waals surface area contributed by atoms with Crippen molar-refractivity contribution >= 4 is 10.0 Å². The minimum atomic E-state index is -3.25. The molecule has 0 aromatic heterocycles. The molecule has 0 bridgehead atoms. The summed E-state index contributed by atoms with van der Waals surface area (Å²) < 4.78 is 21.7. The normalized spacial score (nSPS) is 33.6. The zero-order valence-electron chi connectivity index (χ0n) is 6.79. The molecule has 0 atom stereocenters. The van der Waals surface area contributed by atoms with E-state index in [-0.39, 0.29) is 5.25 Å². The van der Waals surface area contributed by atoms with Gasteiger partial charge < -0.3 is 0 Å². The first kappa shape index (κ1) is 9.00. The van der Waals surface area contributed by atoms with Crippen LogP contribution in [0.4, 0.5) is 0 Å². The van der Waals surface area contributed by atoms with Crippen molar-refractivity contribution in [2.75, 3.05) is 0 Å². The Hall–Kier alpha value is -0.0900. The van der Waals surface area contributed by atoms with E-state index in [4.69, 9.17) is 5.14 Å². The summed E-state index contributed by atoms with van der Waals surface area (Å²) in [5.74, 6) is 0.674. The molecule has 1 fully saturated rings. The maximum atomic E-state index is 10.9. The van der Waals surface area contributed by atoms with Crippen LogP contribution >= 0.6 is 0 Å². The quantitative estimate of drug-likeness (QED) is 0.645. The second-order valence-corrected chi connectivity index (χ2v) is 5.32. The predicted molar refractivity (Wildman–Crippen MR) is 44.5 cm³/mol. The second kappa shape index (κ2) is 3.11. The summed E-state index contributed by atoms with van der Waals surface area (Å²) >= 11 is 0. The standard InChI is InChI=1S/C7H15NO2S/c1-6-2-4-7(5-3-6)11(8,9)10/h6-7H,2-5H2,1H3,(H2,8,9,10)/t6-,7-. The van der Waals surface area contributed by atoms with E-state index in [1.54, 1.807) is 0 Å². The lowest BCUT2D eigenvalue weighted by Crippen LogP contribution is -2.31. The maximum absolute atomic E-state index is 10.9. The molecule has 2 N–H and O–H groups in total. The summed E-state index contributed by atoms with van der Waals surface area (Å²) in [6.45, 7) is 2.15. The molecule has 0 radical (unpaired) electrons. The van der Waals surface area contributed by atoms with Crippen LogP contribution in [-0.2, 0) is 10.0 Å². The molecule has 0 aromatic rings. The van der Waals surface area contributed by atoms with E-state index in [2.05, 4.69) is 6.92 Å². The van der Waals surface area contributed by atoms with Crippen molar-refractivity contribution in [1.82, 2.24) is 0 Å². The number of hydrogen-bond donors (Lipinski definition) is 1. The Kier molecular flexibility index (Phi) is 2.54. The smallest absolute Gasteiger partial charge is 0.211 e. The van der Waals surface area contributed by atoms with Crippen LogP contribution in [0.15, 0.2) is 0 Å². The molecule has 1 rings (SSSR count). The molecule has 0 amide bonds. The highest BCUT2D eigenvalue weighted by Gasteiger charge is 2.26. The lowest BCUT2D eigenvalue weighted by molar-refractivity contribution is 0.382. The van der Waals surface area contributed by atoms with Gasteiger partial charge in [0, 0.05) is 0 Å². The second-order valence-electron chi connectivity index (χ2n) is 3.47. The van der Waals surface area contributed by atoms with Crippen molar-refractivity contribution in [1.29, 1.82) is 0 Å². The Morgan fingerprint density at radius 1 is 1.18 bits per heavy atom. The van der Waals surface area contributed by atoms with Gasteiger partial charge in [0.2, 0.25) is 10.0 Å². The molecule has 0 unspecified atom stereocenters. The van der Waals surface area contributed by atoms with Crippen LogP contribution in [0.1, 0.15) is 32.6 Å². The monoisotopic (exact) mass is 177 g/mol. The van der Waals surface area contributed by atoms with Gasteiger partial charge in [-0.3, -0.25) is 0 Å². The van der Waals surface area contributed by atoms with Gasteiger partial charge in [-0.2, -0.15) is 0 Å². The molecule has 0 heterocycles. The fourth-order valence-electron chi connectivity index (χ4n) is 1.56. The maximum Gasteiger partial charge on any atom is 0.211 e. The minimum Gasteiger partial charge on any atom is -0.228 e. The molecular formula is C7H15NO2S. The van der Waals surface area contributed by atoms with Gasteiger partial charge in [0.15, 0.2) is 0 Å². The Morgan fingerprint density at radius 2 is 1.64 bits per heavy atom. The fraction of sp³-hybridized carbons (Fsp3) is 1.00. The summed E-state index contributed by atoms with van der Waals surface area (Å²) in [6.07, 6.45) is 3.50. The predicted octanol–water partition coefficient (Wildman–Crippen LogP) is 0.854. The van der Waals surface area contributed by atoms with Gasteiger partial charge in [-0.25, -0.2) is 13.6 Å². The van der Waals surface area contributed by atoms with Crippen LogP contribution in [-0.4, -0.2) is 13.7 Å². The SMILES string of the molecule is C[C@H]1CC[C@H](S(N)(=O)=O)CC1. The highest BCUT2D eigenvalue weighted by atomic mass is 32.2. The van der Waals surface area contributed by atoms with Crippen LogP contribution < -0.4 is 5.14 Å². The van der Waals surface area contributed by atoms with Crippen molar-refractivity contribution in [2.24, 2.45) is 11.1 Å². The van der Waals surface area contributed by atoms with Gasteiger partial charge >= 0.3 is 0 Å². The van der Waals surface area contributed by atoms with E-state index >= 15 is 0 Å². The van der Waals surface area contributed by atoms with Crippen LogP contribution in [0.2, 0.25) is 0 Å². The Labute approximate surface area is 68.0 Å². The number of primary sulfonamides is 1. The number of hydrogen-bond acceptors (Lipinski definition) is 2. The van der Waals surface area contributed by atoms with Gasteiger partial charge in [0.05, 0.1) is 5.25 Å². The zero-order valence-corrected chi connectivity index (χ0v) is 7.60. The summed E-state index contributed by atoms with van der Waals surface area (Å²) in [5.41, 5.74) is 0. The molecule has 1 saturated carbocycles. The average Bonchev–Trinajstić information content (AvgIpc) is 1.86. The van der Waals surface area contributed by atoms with E-state index in [9.17, 15) is 8.42 Å². The number of rotatable bonds is 1. The Balaban J connectivity index is 2.53.